The second kappa shape index (κ2) is 6.30. The lowest BCUT2D eigenvalue weighted by Gasteiger charge is -2.11. The summed E-state index contributed by atoms with van der Waals surface area (Å²) in [5.74, 6) is 0.101. The molecule has 0 saturated heterocycles. The molecule has 0 amide bonds. The maximum Gasteiger partial charge on any atom is 0.170 e. The number of amidine groups is 1. The van der Waals surface area contributed by atoms with E-state index in [1.165, 1.54) is 0 Å². The normalized spacial score (nSPS) is 11.4. The molecule has 0 aliphatic rings. The fraction of sp³-hybridized carbons (Fsp3) is 0.133. The van der Waals surface area contributed by atoms with Gasteiger partial charge < -0.3 is 16.3 Å². The van der Waals surface area contributed by atoms with Crippen molar-refractivity contribution < 1.29 is 5.21 Å². The number of hydrogen-bond donors (Lipinski definition) is 3. The van der Waals surface area contributed by atoms with Crippen LogP contribution in [0.3, 0.4) is 0 Å². The molecule has 2 aromatic carbocycles. The maximum atomic E-state index is 8.79. The summed E-state index contributed by atoms with van der Waals surface area (Å²) in [7, 11) is 0. The molecule has 4 N–H and O–H groups in total. The second-order valence-corrected chi connectivity index (χ2v) is 4.87. The molecule has 0 aliphatic heterocycles. The van der Waals surface area contributed by atoms with Gasteiger partial charge in [-0.2, -0.15) is 0 Å². The number of nitrogens with zero attached hydrogens (tertiary/aromatic N) is 1. The quantitative estimate of drug-likeness (QED) is 0.350. The van der Waals surface area contributed by atoms with Crippen molar-refractivity contribution in [2.24, 2.45) is 10.9 Å². The molecule has 0 heterocycles. The Bertz CT molecular complexity index is 641. The first-order chi connectivity index (χ1) is 9.61. The minimum atomic E-state index is 0.101. The summed E-state index contributed by atoms with van der Waals surface area (Å²) in [5.41, 5.74) is 9.27. The van der Waals surface area contributed by atoms with Crippen molar-refractivity contribution in [3.63, 3.8) is 0 Å². The number of anilines is 1. The van der Waals surface area contributed by atoms with Crippen molar-refractivity contribution in [2.45, 2.75) is 13.5 Å². The number of oxime groups is 1. The number of nitrogens with one attached hydrogen (secondary N) is 1. The Balaban J connectivity index is 2.17. The standard InChI is InChI=1S/C15H16ClN3O/c1-10-6-7-12(8-14(10)16)18-9-11-4-2-3-5-13(11)15(17)19-20/h2-8,18,20H,9H2,1H3,(H2,17,19). The molecule has 2 rings (SSSR count). The Morgan fingerprint density at radius 2 is 2.05 bits per heavy atom. The summed E-state index contributed by atoms with van der Waals surface area (Å²) in [6.45, 7) is 2.52. The Morgan fingerprint density at radius 1 is 1.30 bits per heavy atom. The highest BCUT2D eigenvalue weighted by atomic mass is 35.5. The lowest BCUT2D eigenvalue weighted by Crippen LogP contribution is -2.16. The minimum Gasteiger partial charge on any atom is -0.409 e. The van der Waals surface area contributed by atoms with Crippen LogP contribution in [0.4, 0.5) is 5.69 Å². The molecule has 0 bridgehead atoms. The first kappa shape index (κ1) is 14.2. The molecule has 0 saturated carbocycles. The molecule has 0 aromatic heterocycles. The van der Waals surface area contributed by atoms with E-state index < -0.39 is 0 Å². The third-order valence-electron chi connectivity index (χ3n) is 3.06. The van der Waals surface area contributed by atoms with Crippen LogP contribution in [-0.4, -0.2) is 11.0 Å². The van der Waals surface area contributed by atoms with Crippen LogP contribution in [-0.2, 0) is 6.54 Å². The van der Waals surface area contributed by atoms with Crippen molar-refractivity contribution in [3.05, 3.63) is 64.2 Å². The van der Waals surface area contributed by atoms with Gasteiger partial charge in [0, 0.05) is 22.8 Å². The lowest BCUT2D eigenvalue weighted by atomic mass is 10.1. The van der Waals surface area contributed by atoms with Crippen LogP contribution in [0, 0.1) is 6.92 Å². The number of rotatable bonds is 4. The third kappa shape index (κ3) is 3.22. The maximum absolute atomic E-state index is 8.79. The Labute approximate surface area is 122 Å². The van der Waals surface area contributed by atoms with Gasteiger partial charge in [0.15, 0.2) is 5.84 Å². The average molecular weight is 290 g/mol. The number of halogens is 1. The molecule has 20 heavy (non-hydrogen) atoms. The number of benzene rings is 2. The van der Waals surface area contributed by atoms with E-state index in [1.807, 2.05) is 49.4 Å². The molecule has 0 radical (unpaired) electrons. The van der Waals surface area contributed by atoms with E-state index in [-0.39, 0.29) is 5.84 Å². The Hall–Kier alpha value is -2.20. The fourth-order valence-corrected chi connectivity index (χ4v) is 2.06. The van der Waals surface area contributed by atoms with Gasteiger partial charge in [-0.15, -0.1) is 0 Å². The molecule has 2 aromatic rings. The van der Waals surface area contributed by atoms with Crippen LogP contribution in [0.25, 0.3) is 0 Å². The van der Waals surface area contributed by atoms with Crippen LogP contribution in [0.1, 0.15) is 16.7 Å². The van der Waals surface area contributed by atoms with E-state index in [0.717, 1.165) is 21.8 Å². The highest BCUT2D eigenvalue weighted by molar-refractivity contribution is 6.31. The third-order valence-corrected chi connectivity index (χ3v) is 3.46. The monoisotopic (exact) mass is 289 g/mol. The van der Waals surface area contributed by atoms with Crippen molar-refractivity contribution in [1.82, 2.24) is 0 Å². The first-order valence-electron chi connectivity index (χ1n) is 6.17. The van der Waals surface area contributed by atoms with Crippen LogP contribution >= 0.6 is 11.6 Å². The van der Waals surface area contributed by atoms with Gasteiger partial charge in [0.25, 0.3) is 0 Å². The number of nitrogens with two attached hydrogens (primary N) is 1. The lowest BCUT2D eigenvalue weighted by molar-refractivity contribution is 0.318. The van der Waals surface area contributed by atoms with E-state index in [9.17, 15) is 0 Å². The summed E-state index contributed by atoms with van der Waals surface area (Å²) in [6.07, 6.45) is 0. The van der Waals surface area contributed by atoms with Gasteiger partial charge in [-0.05, 0) is 30.2 Å². The second-order valence-electron chi connectivity index (χ2n) is 4.46. The molecule has 5 heteroatoms. The van der Waals surface area contributed by atoms with Crippen LogP contribution in [0.5, 0.6) is 0 Å². The summed E-state index contributed by atoms with van der Waals surface area (Å²) >= 11 is 6.09. The van der Waals surface area contributed by atoms with Crippen molar-refractivity contribution in [1.29, 1.82) is 0 Å². The topological polar surface area (TPSA) is 70.6 Å². The summed E-state index contributed by atoms with van der Waals surface area (Å²) in [5, 5.41) is 15.8. The van der Waals surface area contributed by atoms with Gasteiger partial charge in [0.2, 0.25) is 0 Å². The molecule has 0 spiro atoms. The highest BCUT2D eigenvalue weighted by Gasteiger charge is 2.06. The predicted octanol–water partition coefficient (Wildman–Crippen LogP) is 3.36. The van der Waals surface area contributed by atoms with Crippen molar-refractivity contribution in [2.75, 3.05) is 5.32 Å². The molecular weight excluding hydrogens is 274 g/mol. The molecule has 0 unspecified atom stereocenters. The van der Waals surface area contributed by atoms with Crippen molar-refractivity contribution in [3.8, 4) is 0 Å². The van der Waals surface area contributed by atoms with E-state index in [4.69, 9.17) is 22.5 Å². The van der Waals surface area contributed by atoms with Gasteiger partial charge in [-0.25, -0.2) is 0 Å². The van der Waals surface area contributed by atoms with Crippen LogP contribution in [0.15, 0.2) is 47.6 Å². The van der Waals surface area contributed by atoms with Crippen LogP contribution < -0.4 is 11.1 Å². The zero-order valence-corrected chi connectivity index (χ0v) is 11.9. The van der Waals surface area contributed by atoms with Gasteiger partial charge in [0.1, 0.15) is 0 Å². The zero-order chi connectivity index (χ0) is 14.5. The van der Waals surface area contributed by atoms with E-state index in [2.05, 4.69) is 10.5 Å². The van der Waals surface area contributed by atoms with Crippen molar-refractivity contribution >= 4 is 23.1 Å². The SMILES string of the molecule is Cc1ccc(NCc2ccccc2C(N)=NO)cc1Cl. The molecule has 4 nitrogen and oxygen atoms in total. The Morgan fingerprint density at radius 3 is 2.75 bits per heavy atom. The van der Waals surface area contributed by atoms with Crippen LogP contribution in [0.2, 0.25) is 5.02 Å². The summed E-state index contributed by atoms with van der Waals surface area (Å²) in [6, 6.07) is 13.3. The summed E-state index contributed by atoms with van der Waals surface area (Å²) < 4.78 is 0. The molecule has 0 aliphatic carbocycles. The zero-order valence-electron chi connectivity index (χ0n) is 11.1. The summed E-state index contributed by atoms with van der Waals surface area (Å²) in [4.78, 5) is 0. The largest absolute Gasteiger partial charge is 0.409 e. The smallest absolute Gasteiger partial charge is 0.170 e. The average Bonchev–Trinajstić information content (AvgIpc) is 2.48. The first-order valence-corrected chi connectivity index (χ1v) is 6.55. The molecule has 0 fully saturated rings. The van der Waals surface area contributed by atoms with E-state index in [0.29, 0.717) is 12.1 Å². The predicted molar refractivity (Wildman–Crippen MR) is 82.5 cm³/mol. The molecular formula is C15H16ClN3O. The number of aryl methyl sites for hydroxylation is 1. The molecule has 104 valence electrons. The van der Waals surface area contributed by atoms with E-state index in [1.54, 1.807) is 0 Å². The Kier molecular flexibility index (Phi) is 4.48. The number of hydrogen-bond acceptors (Lipinski definition) is 3. The van der Waals surface area contributed by atoms with Gasteiger partial charge in [-0.3, -0.25) is 0 Å². The minimum absolute atomic E-state index is 0.101. The van der Waals surface area contributed by atoms with Gasteiger partial charge >= 0.3 is 0 Å². The van der Waals surface area contributed by atoms with Gasteiger partial charge in [-0.1, -0.05) is 47.1 Å². The highest BCUT2D eigenvalue weighted by Crippen LogP contribution is 2.21. The van der Waals surface area contributed by atoms with Gasteiger partial charge in [0.05, 0.1) is 0 Å². The fourth-order valence-electron chi connectivity index (χ4n) is 1.88. The van der Waals surface area contributed by atoms with E-state index >= 15 is 0 Å². The molecule has 0 atom stereocenters.